The average molecular weight is 459 g/mol. The number of aryl methyl sites for hydroxylation is 1. The van der Waals surface area contributed by atoms with Gasteiger partial charge in [0.25, 0.3) is 0 Å². The second-order valence-corrected chi connectivity index (χ2v) is 8.24. The van der Waals surface area contributed by atoms with E-state index in [0.717, 1.165) is 6.54 Å². The van der Waals surface area contributed by atoms with Crippen LogP contribution in [0.5, 0.6) is 5.88 Å². The number of ether oxygens (including phenoxy) is 1. The summed E-state index contributed by atoms with van der Waals surface area (Å²) in [6, 6.07) is 4.52. The van der Waals surface area contributed by atoms with Crippen LogP contribution in [0.3, 0.4) is 0 Å². The molecule has 174 valence electrons. The molecule has 8 nitrogen and oxygen atoms in total. The Labute approximate surface area is 188 Å². The number of nitrogens with one attached hydrogen (secondary N) is 1. The Morgan fingerprint density at radius 1 is 1.30 bits per heavy atom. The van der Waals surface area contributed by atoms with Crippen LogP contribution in [0, 0.1) is 5.82 Å². The summed E-state index contributed by atoms with van der Waals surface area (Å²) < 4.78 is 50.8. The Balaban J connectivity index is 1.55. The van der Waals surface area contributed by atoms with Gasteiger partial charge in [0, 0.05) is 24.8 Å². The molecule has 4 heterocycles. The zero-order valence-electron chi connectivity index (χ0n) is 18.3. The minimum Gasteiger partial charge on any atom is -0.479 e. The lowest BCUT2D eigenvalue weighted by molar-refractivity contribution is 0.149. The molecule has 5 rings (SSSR count). The third-order valence-electron chi connectivity index (χ3n) is 6.05. The molecule has 1 aliphatic rings. The lowest BCUT2D eigenvalue weighted by Gasteiger charge is -2.32. The molecule has 0 bridgehead atoms. The van der Waals surface area contributed by atoms with Crippen molar-refractivity contribution < 1.29 is 17.9 Å². The Morgan fingerprint density at radius 2 is 2.15 bits per heavy atom. The fourth-order valence-corrected chi connectivity index (χ4v) is 4.36. The average Bonchev–Trinajstić information content (AvgIpc) is 3.40. The van der Waals surface area contributed by atoms with Crippen molar-refractivity contribution in [3.63, 3.8) is 0 Å². The molecule has 0 radical (unpaired) electrons. The Kier molecular flexibility index (Phi) is 5.57. The molecule has 1 fully saturated rings. The van der Waals surface area contributed by atoms with E-state index in [4.69, 9.17) is 4.74 Å². The van der Waals surface area contributed by atoms with Crippen molar-refractivity contribution in [1.82, 2.24) is 29.0 Å². The summed E-state index contributed by atoms with van der Waals surface area (Å²) >= 11 is 0. The van der Waals surface area contributed by atoms with E-state index in [0.29, 0.717) is 35.1 Å². The first-order chi connectivity index (χ1) is 16.0. The summed E-state index contributed by atoms with van der Waals surface area (Å²) in [5.74, 6) is 0.0175. The number of piperidine rings is 1. The number of alkyl halides is 2. The van der Waals surface area contributed by atoms with Crippen LogP contribution in [-0.2, 0) is 6.54 Å². The van der Waals surface area contributed by atoms with E-state index in [1.165, 1.54) is 19.5 Å². The first-order valence-corrected chi connectivity index (χ1v) is 10.7. The van der Waals surface area contributed by atoms with E-state index in [9.17, 15) is 13.2 Å². The summed E-state index contributed by atoms with van der Waals surface area (Å²) in [7, 11) is 3.37. The molecule has 0 unspecified atom stereocenters. The number of hydrogen-bond acceptors (Lipinski definition) is 6. The standard InChI is InChI=1S/C22H24F3N7O/c1-30-6-4-17(16(25)11-30)27-22-28-21(33-2)20-14(3-7-32(20)29-22)13-9-15(24)19-18(10-13)31(8-5-23)12-26-19/h3,7,9-10,12,16-17H,4-6,8,11H2,1-2H3,(H,27,29)/t16-,17+/m0/s1. The van der Waals surface area contributed by atoms with Crippen LogP contribution in [0.1, 0.15) is 6.42 Å². The molecule has 0 amide bonds. The molecule has 1 saturated heterocycles. The van der Waals surface area contributed by atoms with Gasteiger partial charge in [-0.15, -0.1) is 5.10 Å². The molecule has 3 aromatic heterocycles. The number of nitrogens with zero attached hydrogens (tertiary/aromatic N) is 6. The summed E-state index contributed by atoms with van der Waals surface area (Å²) in [4.78, 5) is 10.4. The van der Waals surface area contributed by atoms with E-state index >= 15 is 0 Å². The summed E-state index contributed by atoms with van der Waals surface area (Å²) in [5.41, 5.74) is 2.43. The van der Waals surface area contributed by atoms with Gasteiger partial charge in [0.05, 0.1) is 31.5 Å². The second-order valence-electron chi connectivity index (χ2n) is 8.24. The van der Waals surface area contributed by atoms with E-state index in [1.54, 1.807) is 27.4 Å². The van der Waals surface area contributed by atoms with Crippen molar-refractivity contribution in [2.75, 3.05) is 39.2 Å². The molecular formula is C22H24F3N7O. The highest BCUT2D eigenvalue weighted by molar-refractivity contribution is 5.90. The highest BCUT2D eigenvalue weighted by atomic mass is 19.1. The van der Waals surface area contributed by atoms with Crippen molar-refractivity contribution in [1.29, 1.82) is 0 Å². The Hall–Kier alpha value is -3.34. The molecule has 11 heteroatoms. The fraction of sp³-hybridized carbons (Fsp3) is 0.409. The molecule has 1 aromatic carbocycles. The van der Waals surface area contributed by atoms with Crippen molar-refractivity contribution in [3.8, 4) is 17.0 Å². The van der Waals surface area contributed by atoms with Crippen molar-refractivity contribution in [3.05, 3.63) is 36.5 Å². The maximum absolute atomic E-state index is 14.8. The van der Waals surface area contributed by atoms with E-state index in [-0.39, 0.29) is 23.9 Å². The van der Waals surface area contributed by atoms with Gasteiger partial charge in [-0.25, -0.2) is 22.7 Å². The monoisotopic (exact) mass is 459 g/mol. The Morgan fingerprint density at radius 3 is 2.91 bits per heavy atom. The van der Waals surface area contributed by atoms with Gasteiger partial charge in [0.15, 0.2) is 5.82 Å². The third-order valence-corrected chi connectivity index (χ3v) is 6.05. The highest BCUT2D eigenvalue weighted by Crippen LogP contribution is 2.34. The molecular weight excluding hydrogens is 435 g/mol. The molecule has 4 aromatic rings. The number of benzene rings is 1. The zero-order valence-corrected chi connectivity index (χ0v) is 18.3. The molecule has 33 heavy (non-hydrogen) atoms. The minimum absolute atomic E-state index is 0.0872. The van der Waals surface area contributed by atoms with Crippen molar-refractivity contribution >= 4 is 22.5 Å². The lowest BCUT2D eigenvalue weighted by atomic mass is 10.0. The van der Waals surface area contributed by atoms with Gasteiger partial charge in [-0.3, -0.25) is 0 Å². The number of likely N-dealkylation sites (tertiary alicyclic amines) is 1. The van der Waals surface area contributed by atoms with Gasteiger partial charge in [0.1, 0.15) is 23.9 Å². The largest absolute Gasteiger partial charge is 0.479 e. The number of hydrogen-bond donors (Lipinski definition) is 1. The molecule has 1 aliphatic heterocycles. The number of rotatable bonds is 6. The van der Waals surface area contributed by atoms with Crippen molar-refractivity contribution in [2.45, 2.75) is 25.2 Å². The third kappa shape index (κ3) is 3.86. The quantitative estimate of drug-likeness (QED) is 0.477. The first kappa shape index (κ1) is 21.5. The van der Waals surface area contributed by atoms with Crippen LogP contribution < -0.4 is 10.1 Å². The number of anilines is 1. The van der Waals surface area contributed by atoms with Gasteiger partial charge in [-0.1, -0.05) is 0 Å². The SMILES string of the molecule is COc1nc(N[C@@H]2CCN(C)C[C@@H]2F)nn2ccc(-c3cc(F)c4ncn(CCF)c4c3)c12. The zero-order chi connectivity index (χ0) is 23.1. The molecule has 0 spiro atoms. The summed E-state index contributed by atoms with van der Waals surface area (Å²) in [5, 5.41) is 7.56. The van der Waals surface area contributed by atoms with Gasteiger partial charge in [0.2, 0.25) is 11.8 Å². The minimum atomic E-state index is -1.04. The van der Waals surface area contributed by atoms with E-state index < -0.39 is 24.7 Å². The van der Waals surface area contributed by atoms with Crippen LogP contribution in [-0.4, -0.2) is 75.2 Å². The molecule has 1 N–H and O–H groups in total. The number of halogens is 3. The normalized spacial score (nSPS) is 19.4. The molecule has 0 aliphatic carbocycles. The fourth-order valence-electron chi connectivity index (χ4n) is 4.36. The molecule has 2 atom stereocenters. The number of methoxy groups -OCH3 is 1. The second kappa shape index (κ2) is 8.54. The predicted molar refractivity (Wildman–Crippen MR) is 119 cm³/mol. The highest BCUT2D eigenvalue weighted by Gasteiger charge is 2.28. The number of aromatic nitrogens is 5. The maximum atomic E-state index is 14.8. The van der Waals surface area contributed by atoms with Gasteiger partial charge < -0.3 is 19.5 Å². The van der Waals surface area contributed by atoms with Gasteiger partial charge in [-0.2, -0.15) is 4.98 Å². The molecule has 0 saturated carbocycles. The van der Waals surface area contributed by atoms with Crippen LogP contribution >= 0.6 is 0 Å². The van der Waals surface area contributed by atoms with Crippen molar-refractivity contribution in [2.24, 2.45) is 0 Å². The lowest BCUT2D eigenvalue weighted by Crippen LogP contribution is -2.46. The van der Waals surface area contributed by atoms with Crippen LogP contribution in [0.25, 0.3) is 27.7 Å². The van der Waals surface area contributed by atoms with Gasteiger partial charge in [-0.05, 0) is 37.2 Å². The smallest absolute Gasteiger partial charge is 0.244 e. The van der Waals surface area contributed by atoms with Crippen LogP contribution in [0.15, 0.2) is 30.7 Å². The van der Waals surface area contributed by atoms with E-state index in [2.05, 4.69) is 20.4 Å². The topological polar surface area (TPSA) is 72.5 Å². The maximum Gasteiger partial charge on any atom is 0.244 e. The van der Waals surface area contributed by atoms with E-state index in [1.807, 2.05) is 11.9 Å². The summed E-state index contributed by atoms with van der Waals surface area (Å²) in [6.45, 7) is 0.626. The van der Waals surface area contributed by atoms with Crippen LogP contribution in [0.4, 0.5) is 19.1 Å². The van der Waals surface area contributed by atoms with Crippen LogP contribution in [0.2, 0.25) is 0 Å². The Bertz CT molecular complexity index is 1300. The summed E-state index contributed by atoms with van der Waals surface area (Å²) in [6.07, 6.45) is 2.72. The number of imidazole rings is 1. The van der Waals surface area contributed by atoms with Gasteiger partial charge >= 0.3 is 0 Å². The number of fused-ring (bicyclic) bond motifs is 2. The predicted octanol–water partition coefficient (Wildman–Crippen LogP) is 3.32. The first-order valence-electron chi connectivity index (χ1n) is 10.7.